The van der Waals surface area contributed by atoms with Gasteiger partial charge < -0.3 is 5.23 Å². The van der Waals surface area contributed by atoms with Crippen LogP contribution >= 0.6 is 0 Å². The highest BCUT2D eigenvalue weighted by atomic mass is 14.7. The zero-order valence-electron chi connectivity index (χ0n) is 5.74. The normalized spacial score (nSPS) is 24.0. The van der Waals surface area contributed by atoms with Crippen molar-refractivity contribution in [3.63, 3.8) is 0 Å². The maximum Gasteiger partial charge on any atom is 0.0278 e. The van der Waals surface area contributed by atoms with Crippen molar-refractivity contribution >= 4 is 7.41 Å². The molecular weight excluding hydrogens is 96.9 g/mol. The van der Waals surface area contributed by atoms with E-state index < -0.39 is 0 Å². The maximum atomic E-state index is 3.51. The van der Waals surface area contributed by atoms with Gasteiger partial charge in [0.05, 0.1) is 0 Å². The predicted octanol–water partition coefficient (Wildman–Crippen LogP) is 0.652. The zero-order chi connectivity index (χ0) is 5.66. The van der Waals surface area contributed by atoms with E-state index in [4.69, 9.17) is 0 Å². The first-order valence-corrected chi connectivity index (χ1v) is 4.06. The van der Waals surface area contributed by atoms with Crippen molar-refractivity contribution in [3.8, 4) is 0 Å². The standard InChI is InChI=1S/C6H15BN/c1-2-4-6-8-7-5-3-1/h8H,1-7H2/q-1. The van der Waals surface area contributed by atoms with Crippen molar-refractivity contribution in [3.05, 3.63) is 0 Å². The Bertz CT molecular complexity index is 32.5. The molecule has 1 nitrogen and oxygen atoms in total. The molecule has 0 spiro atoms. The molecule has 1 aliphatic rings. The SMILES string of the molecule is [BH2-]1CCCCCCN1. The molecule has 0 aliphatic carbocycles. The fourth-order valence-corrected chi connectivity index (χ4v) is 1.44. The Balaban J connectivity index is 2.00. The van der Waals surface area contributed by atoms with Crippen LogP contribution in [0.15, 0.2) is 0 Å². The third-order valence-electron chi connectivity index (χ3n) is 2.03. The van der Waals surface area contributed by atoms with Crippen LogP contribution in [0.25, 0.3) is 0 Å². The van der Waals surface area contributed by atoms with Gasteiger partial charge in [-0.1, -0.05) is 19.3 Å². The fraction of sp³-hybridized carbons (Fsp3) is 1.00. The van der Waals surface area contributed by atoms with E-state index in [0.29, 0.717) is 7.41 Å². The summed E-state index contributed by atoms with van der Waals surface area (Å²) in [6.45, 7) is 1.31. The second-order valence-electron chi connectivity index (χ2n) is 2.87. The van der Waals surface area contributed by atoms with Crippen LogP contribution in [0.5, 0.6) is 0 Å². The molecule has 0 aromatic carbocycles. The van der Waals surface area contributed by atoms with E-state index in [1.807, 2.05) is 0 Å². The summed E-state index contributed by atoms with van der Waals surface area (Å²) in [7, 11) is 0.306. The lowest BCUT2D eigenvalue weighted by atomic mass is 9.84. The van der Waals surface area contributed by atoms with E-state index >= 15 is 0 Å². The Morgan fingerprint density at radius 1 is 1.00 bits per heavy atom. The monoisotopic (exact) mass is 112 g/mol. The second kappa shape index (κ2) is 3.96. The van der Waals surface area contributed by atoms with Crippen molar-refractivity contribution in [2.75, 3.05) is 6.54 Å². The minimum atomic E-state index is 0.306. The molecule has 0 aromatic heterocycles. The Morgan fingerprint density at radius 3 is 2.88 bits per heavy atom. The summed E-state index contributed by atoms with van der Waals surface area (Å²) in [4.78, 5) is 0. The number of hydrogen-bond donors (Lipinski definition) is 1. The lowest BCUT2D eigenvalue weighted by Gasteiger charge is -2.13. The molecule has 48 valence electrons. The van der Waals surface area contributed by atoms with Gasteiger partial charge in [0.15, 0.2) is 0 Å². The van der Waals surface area contributed by atoms with Crippen molar-refractivity contribution < 1.29 is 0 Å². The van der Waals surface area contributed by atoms with Crippen LogP contribution < -0.4 is 5.23 Å². The molecule has 1 rings (SSSR count). The summed E-state index contributed by atoms with van der Waals surface area (Å²) >= 11 is 0. The van der Waals surface area contributed by atoms with Gasteiger partial charge in [0.2, 0.25) is 0 Å². The Morgan fingerprint density at radius 2 is 1.88 bits per heavy atom. The van der Waals surface area contributed by atoms with Crippen LogP contribution in [0.1, 0.15) is 25.7 Å². The summed E-state index contributed by atoms with van der Waals surface area (Å²) in [5.41, 5.74) is 0. The van der Waals surface area contributed by atoms with Gasteiger partial charge in [-0.05, 0) is 13.0 Å². The summed E-state index contributed by atoms with van der Waals surface area (Å²) in [6.07, 6.45) is 7.38. The van der Waals surface area contributed by atoms with Gasteiger partial charge in [-0.25, -0.2) is 0 Å². The van der Waals surface area contributed by atoms with Crippen LogP contribution in [0.2, 0.25) is 6.32 Å². The van der Waals surface area contributed by atoms with E-state index in [1.54, 1.807) is 0 Å². The third kappa shape index (κ3) is 2.36. The van der Waals surface area contributed by atoms with Crippen LogP contribution in [0.4, 0.5) is 0 Å². The minimum Gasteiger partial charge on any atom is -0.494 e. The van der Waals surface area contributed by atoms with Gasteiger partial charge in [0.1, 0.15) is 0 Å². The molecule has 0 aromatic rings. The smallest absolute Gasteiger partial charge is 0.0278 e. The highest BCUT2D eigenvalue weighted by Gasteiger charge is 1.90. The molecular formula is C6H15BN-. The quantitative estimate of drug-likeness (QED) is 0.453. The number of nitrogens with one attached hydrogen (secondary N) is 1. The van der Waals surface area contributed by atoms with Gasteiger partial charge in [-0.15, -0.1) is 0 Å². The van der Waals surface area contributed by atoms with Gasteiger partial charge >= 0.3 is 0 Å². The average molecular weight is 112 g/mol. The van der Waals surface area contributed by atoms with Crippen molar-refractivity contribution in [2.45, 2.75) is 32.0 Å². The largest absolute Gasteiger partial charge is 0.494 e. The van der Waals surface area contributed by atoms with E-state index in [1.165, 1.54) is 38.5 Å². The summed E-state index contributed by atoms with van der Waals surface area (Å²) in [5.74, 6) is 0. The summed E-state index contributed by atoms with van der Waals surface area (Å²) in [6, 6.07) is 0. The fourth-order valence-electron chi connectivity index (χ4n) is 1.44. The van der Waals surface area contributed by atoms with Gasteiger partial charge in [0, 0.05) is 7.41 Å². The van der Waals surface area contributed by atoms with Crippen molar-refractivity contribution in [2.24, 2.45) is 0 Å². The second-order valence-corrected chi connectivity index (χ2v) is 2.87. The summed E-state index contributed by atoms with van der Waals surface area (Å²) in [5, 5.41) is 3.51. The molecule has 0 saturated carbocycles. The molecule has 0 amide bonds. The first-order chi connectivity index (χ1) is 4.00. The molecule has 0 unspecified atom stereocenters. The highest BCUT2D eigenvalue weighted by molar-refractivity contribution is 6.32. The van der Waals surface area contributed by atoms with Crippen LogP contribution in [-0.2, 0) is 0 Å². The van der Waals surface area contributed by atoms with Crippen molar-refractivity contribution in [1.82, 2.24) is 5.23 Å². The van der Waals surface area contributed by atoms with Gasteiger partial charge in [0.25, 0.3) is 0 Å². The molecule has 1 heterocycles. The van der Waals surface area contributed by atoms with Crippen molar-refractivity contribution in [1.29, 1.82) is 0 Å². The van der Waals surface area contributed by atoms with Crippen LogP contribution in [-0.4, -0.2) is 14.0 Å². The third-order valence-corrected chi connectivity index (χ3v) is 2.03. The van der Waals surface area contributed by atoms with Gasteiger partial charge in [-0.2, -0.15) is 6.32 Å². The average Bonchev–Trinajstić information content (AvgIpc) is 1.62. The Hall–Kier alpha value is 0.0249. The molecule has 1 saturated heterocycles. The van der Waals surface area contributed by atoms with E-state index in [2.05, 4.69) is 5.23 Å². The number of hydrogen-bond acceptors (Lipinski definition) is 1. The zero-order valence-corrected chi connectivity index (χ0v) is 5.74. The molecule has 1 aliphatic heterocycles. The molecule has 0 bridgehead atoms. The lowest BCUT2D eigenvalue weighted by Crippen LogP contribution is -2.21. The predicted molar refractivity (Wildman–Crippen MR) is 39.8 cm³/mol. The lowest BCUT2D eigenvalue weighted by molar-refractivity contribution is 0.638. The molecule has 0 radical (unpaired) electrons. The van der Waals surface area contributed by atoms with Crippen LogP contribution in [0, 0.1) is 0 Å². The highest BCUT2D eigenvalue weighted by Crippen LogP contribution is 2.03. The first-order valence-electron chi connectivity index (χ1n) is 4.06. The molecule has 2 heteroatoms. The Labute approximate surface area is 52.1 Å². The molecule has 8 heavy (non-hydrogen) atoms. The van der Waals surface area contributed by atoms with E-state index in [-0.39, 0.29) is 0 Å². The minimum absolute atomic E-state index is 0.306. The molecule has 1 fully saturated rings. The first kappa shape index (κ1) is 6.15. The van der Waals surface area contributed by atoms with E-state index in [9.17, 15) is 0 Å². The molecule has 1 N–H and O–H groups in total. The van der Waals surface area contributed by atoms with E-state index in [0.717, 1.165) is 0 Å². The Kier molecular flexibility index (Phi) is 3.04. The topological polar surface area (TPSA) is 12.0 Å². The number of rotatable bonds is 0. The maximum absolute atomic E-state index is 3.51. The van der Waals surface area contributed by atoms with Gasteiger partial charge in [-0.3, -0.25) is 0 Å². The van der Waals surface area contributed by atoms with Crippen LogP contribution in [0.3, 0.4) is 0 Å². The summed E-state index contributed by atoms with van der Waals surface area (Å²) < 4.78 is 0. The molecule has 0 atom stereocenters.